The summed E-state index contributed by atoms with van der Waals surface area (Å²) >= 11 is 5.87. The number of carbonyl (C=O) groups is 2. The van der Waals surface area contributed by atoms with Gasteiger partial charge in [-0.3, -0.25) is 9.59 Å². The van der Waals surface area contributed by atoms with Crippen LogP contribution in [0.15, 0.2) is 39.8 Å². The van der Waals surface area contributed by atoms with Gasteiger partial charge in [-0.2, -0.15) is 4.31 Å². The van der Waals surface area contributed by atoms with Gasteiger partial charge in [-0.1, -0.05) is 18.0 Å². The number of piperidine rings is 1. The standard InChI is InChI=1S/C17H18ClN3O5S/c18-13-5-4-11(10-12(13)16(19)22)20-17(23)14-6-7-15(26-14)27(24,25)21-8-2-1-3-9-21/h4-7,10H,1-3,8-9H2,(H2,19,22)(H,20,23). The van der Waals surface area contributed by atoms with Gasteiger partial charge < -0.3 is 15.5 Å². The van der Waals surface area contributed by atoms with E-state index in [1.807, 2.05) is 0 Å². The van der Waals surface area contributed by atoms with Crippen molar-refractivity contribution in [3.8, 4) is 0 Å². The number of carbonyl (C=O) groups excluding carboxylic acids is 2. The molecule has 0 unspecified atom stereocenters. The minimum absolute atomic E-state index is 0.0577. The summed E-state index contributed by atoms with van der Waals surface area (Å²) < 4.78 is 31.8. The van der Waals surface area contributed by atoms with Gasteiger partial charge in [0.1, 0.15) is 0 Å². The average molecular weight is 412 g/mol. The van der Waals surface area contributed by atoms with E-state index in [1.165, 1.54) is 34.6 Å². The Balaban J connectivity index is 1.77. The van der Waals surface area contributed by atoms with Crippen LogP contribution < -0.4 is 11.1 Å². The lowest BCUT2D eigenvalue weighted by atomic mass is 10.2. The van der Waals surface area contributed by atoms with Crippen molar-refractivity contribution in [2.75, 3.05) is 18.4 Å². The molecule has 2 amide bonds. The molecule has 0 bridgehead atoms. The topological polar surface area (TPSA) is 123 Å². The molecular formula is C17H18ClN3O5S. The molecule has 10 heteroatoms. The Bertz CT molecular complexity index is 980. The fraction of sp³-hybridized carbons (Fsp3) is 0.294. The van der Waals surface area contributed by atoms with Crippen LogP contribution in [0, 0.1) is 0 Å². The fourth-order valence-corrected chi connectivity index (χ4v) is 4.44. The van der Waals surface area contributed by atoms with E-state index in [9.17, 15) is 18.0 Å². The van der Waals surface area contributed by atoms with Gasteiger partial charge in [0.2, 0.25) is 11.0 Å². The first-order valence-electron chi connectivity index (χ1n) is 8.30. The van der Waals surface area contributed by atoms with E-state index >= 15 is 0 Å². The normalized spacial score (nSPS) is 15.4. The number of rotatable bonds is 5. The summed E-state index contributed by atoms with van der Waals surface area (Å²) in [7, 11) is -3.76. The number of sulfonamides is 1. The molecule has 144 valence electrons. The van der Waals surface area contributed by atoms with Crippen LogP contribution in [0.3, 0.4) is 0 Å². The Kier molecular flexibility index (Phi) is 5.54. The number of furan rings is 1. The van der Waals surface area contributed by atoms with Crippen molar-refractivity contribution in [3.05, 3.63) is 46.7 Å². The SMILES string of the molecule is NC(=O)c1cc(NC(=O)c2ccc(S(=O)(=O)N3CCCCC3)o2)ccc1Cl. The molecule has 27 heavy (non-hydrogen) atoms. The molecule has 1 fully saturated rings. The Labute approximate surface area is 161 Å². The third-order valence-corrected chi connectivity index (χ3v) is 6.31. The van der Waals surface area contributed by atoms with Gasteiger partial charge in [-0.15, -0.1) is 0 Å². The second-order valence-electron chi connectivity index (χ2n) is 6.10. The monoisotopic (exact) mass is 411 g/mol. The largest absolute Gasteiger partial charge is 0.438 e. The predicted molar refractivity (Wildman–Crippen MR) is 99.2 cm³/mol. The van der Waals surface area contributed by atoms with Crippen molar-refractivity contribution < 1.29 is 22.4 Å². The highest BCUT2D eigenvalue weighted by Gasteiger charge is 2.29. The number of anilines is 1. The van der Waals surface area contributed by atoms with Crippen LogP contribution in [0.4, 0.5) is 5.69 Å². The summed E-state index contributed by atoms with van der Waals surface area (Å²) in [5, 5.41) is 2.40. The molecule has 1 saturated heterocycles. The molecule has 0 radical (unpaired) electrons. The van der Waals surface area contributed by atoms with Gasteiger partial charge in [0.25, 0.3) is 15.9 Å². The van der Waals surface area contributed by atoms with Crippen molar-refractivity contribution in [2.45, 2.75) is 24.4 Å². The molecule has 3 rings (SSSR count). The Morgan fingerprint density at radius 1 is 1.11 bits per heavy atom. The molecule has 0 aliphatic carbocycles. The second kappa shape index (κ2) is 7.71. The number of halogens is 1. The van der Waals surface area contributed by atoms with E-state index in [0.717, 1.165) is 19.3 Å². The quantitative estimate of drug-likeness (QED) is 0.782. The van der Waals surface area contributed by atoms with E-state index < -0.39 is 21.8 Å². The third-order valence-electron chi connectivity index (χ3n) is 4.20. The highest BCUT2D eigenvalue weighted by atomic mass is 35.5. The van der Waals surface area contributed by atoms with E-state index in [-0.39, 0.29) is 27.1 Å². The highest BCUT2D eigenvalue weighted by molar-refractivity contribution is 7.89. The van der Waals surface area contributed by atoms with Gasteiger partial charge in [-0.25, -0.2) is 8.42 Å². The first kappa shape index (κ1) is 19.4. The number of nitrogens with two attached hydrogens (primary N) is 1. The van der Waals surface area contributed by atoms with E-state index in [1.54, 1.807) is 0 Å². The summed E-state index contributed by atoms with van der Waals surface area (Å²) in [5.74, 6) is -1.56. The molecule has 2 heterocycles. The van der Waals surface area contributed by atoms with E-state index in [0.29, 0.717) is 13.1 Å². The van der Waals surface area contributed by atoms with Gasteiger partial charge >= 0.3 is 0 Å². The number of nitrogens with one attached hydrogen (secondary N) is 1. The minimum Gasteiger partial charge on any atom is -0.438 e. The van der Waals surface area contributed by atoms with Crippen LogP contribution >= 0.6 is 11.6 Å². The molecule has 3 N–H and O–H groups in total. The molecule has 0 spiro atoms. The minimum atomic E-state index is -3.76. The van der Waals surface area contributed by atoms with Crippen molar-refractivity contribution in [1.29, 1.82) is 0 Å². The van der Waals surface area contributed by atoms with Gasteiger partial charge in [0.05, 0.1) is 10.6 Å². The first-order chi connectivity index (χ1) is 12.8. The molecule has 2 aromatic rings. The zero-order chi connectivity index (χ0) is 19.6. The molecule has 1 aromatic carbocycles. The summed E-state index contributed by atoms with van der Waals surface area (Å²) in [4.78, 5) is 23.7. The first-order valence-corrected chi connectivity index (χ1v) is 10.1. The van der Waals surface area contributed by atoms with Gasteiger partial charge in [0.15, 0.2) is 5.76 Å². The van der Waals surface area contributed by atoms with Gasteiger partial charge in [-0.05, 0) is 43.2 Å². The lowest BCUT2D eigenvalue weighted by Crippen LogP contribution is -2.35. The maximum absolute atomic E-state index is 12.6. The zero-order valence-electron chi connectivity index (χ0n) is 14.3. The molecule has 1 aromatic heterocycles. The van der Waals surface area contributed by atoms with E-state index in [2.05, 4.69) is 5.32 Å². The summed E-state index contributed by atoms with van der Waals surface area (Å²) in [5.41, 5.74) is 5.55. The maximum atomic E-state index is 12.6. The lowest BCUT2D eigenvalue weighted by molar-refractivity contribution is 0.0984. The number of hydrogen-bond acceptors (Lipinski definition) is 5. The summed E-state index contributed by atoms with van der Waals surface area (Å²) in [6, 6.07) is 6.79. The van der Waals surface area contributed by atoms with Crippen molar-refractivity contribution in [3.63, 3.8) is 0 Å². The van der Waals surface area contributed by atoms with Crippen molar-refractivity contribution >= 4 is 39.1 Å². The molecular weight excluding hydrogens is 394 g/mol. The van der Waals surface area contributed by atoms with Crippen LogP contribution in [0.25, 0.3) is 0 Å². The number of hydrogen-bond donors (Lipinski definition) is 2. The van der Waals surface area contributed by atoms with Gasteiger partial charge in [0, 0.05) is 18.8 Å². The molecule has 8 nitrogen and oxygen atoms in total. The van der Waals surface area contributed by atoms with Crippen LogP contribution in [0.2, 0.25) is 5.02 Å². The number of nitrogens with zero attached hydrogens (tertiary/aromatic N) is 1. The fourth-order valence-electron chi connectivity index (χ4n) is 2.80. The highest BCUT2D eigenvalue weighted by Crippen LogP contribution is 2.24. The maximum Gasteiger partial charge on any atom is 0.291 e. The molecule has 1 aliphatic rings. The Morgan fingerprint density at radius 3 is 2.48 bits per heavy atom. The van der Waals surface area contributed by atoms with Crippen LogP contribution in [-0.2, 0) is 10.0 Å². The van der Waals surface area contributed by atoms with Crippen molar-refractivity contribution in [2.24, 2.45) is 5.73 Å². The Hall–Kier alpha value is -2.36. The molecule has 0 atom stereocenters. The third kappa shape index (κ3) is 4.15. The number of benzene rings is 1. The van der Waals surface area contributed by atoms with Crippen LogP contribution in [0.5, 0.6) is 0 Å². The smallest absolute Gasteiger partial charge is 0.291 e. The second-order valence-corrected chi connectivity index (χ2v) is 8.37. The number of amides is 2. The summed E-state index contributed by atoms with van der Waals surface area (Å²) in [6.45, 7) is 0.871. The molecule has 0 saturated carbocycles. The van der Waals surface area contributed by atoms with Crippen LogP contribution in [-0.4, -0.2) is 37.6 Å². The van der Waals surface area contributed by atoms with E-state index in [4.69, 9.17) is 21.8 Å². The van der Waals surface area contributed by atoms with Crippen LogP contribution in [0.1, 0.15) is 40.2 Å². The average Bonchev–Trinajstić information content (AvgIpc) is 3.15. The molecule has 1 aliphatic heterocycles. The zero-order valence-corrected chi connectivity index (χ0v) is 15.8. The Morgan fingerprint density at radius 2 is 1.81 bits per heavy atom. The predicted octanol–water partition coefficient (Wildman–Crippen LogP) is 2.46. The van der Waals surface area contributed by atoms with Crippen molar-refractivity contribution in [1.82, 2.24) is 4.31 Å². The number of primary amides is 1. The summed E-state index contributed by atoms with van der Waals surface area (Å²) in [6.07, 6.45) is 2.59. The lowest BCUT2D eigenvalue weighted by Gasteiger charge is -2.24.